The fourth-order valence-electron chi connectivity index (χ4n) is 2.68. The lowest BCUT2D eigenvalue weighted by molar-refractivity contribution is 0.0916. The number of rotatable bonds is 3. The fraction of sp³-hybridized carbons (Fsp3) is 0.375. The maximum atomic E-state index is 12.3. The van der Waals surface area contributed by atoms with E-state index in [1.54, 1.807) is 18.2 Å². The summed E-state index contributed by atoms with van der Waals surface area (Å²) in [5.74, 6) is 0.336. The molecule has 0 radical (unpaired) electrons. The van der Waals surface area contributed by atoms with E-state index in [2.05, 4.69) is 22.7 Å². The molecule has 0 saturated carbocycles. The van der Waals surface area contributed by atoms with Crippen molar-refractivity contribution in [2.24, 2.45) is 0 Å². The number of amides is 1. The molecule has 2 N–H and O–H groups in total. The molecule has 2 aromatic rings. The number of hydrogen-bond donors (Lipinski definition) is 2. The van der Waals surface area contributed by atoms with Crippen LogP contribution in [0.15, 0.2) is 34.9 Å². The average Bonchev–Trinajstić information content (AvgIpc) is 2.97. The first-order valence-electron chi connectivity index (χ1n) is 7.39. The highest BCUT2D eigenvalue weighted by Gasteiger charge is 2.22. The second-order valence-corrected chi connectivity index (χ2v) is 6.07. The lowest BCUT2D eigenvalue weighted by Crippen LogP contribution is -2.46. The van der Waals surface area contributed by atoms with Gasteiger partial charge < -0.3 is 15.2 Å². The molecule has 1 aliphatic heterocycles. The van der Waals surface area contributed by atoms with Crippen LogP contribution in [0.5, 0.6) is 0 Å². The molecule has 3 rings (SSSR count). The Morgan fingerprint density at radius 3 is 3.09 bits per heavy atom. The predicted molar refractivity (Wildman–Crippen MR) is 84.9 cm³/mol. The van der Waals surface area contributed by atoms with E-state index in [9.17, 15) is 4.79 Å². The Hall–Kier alpha value is -1.85. The van der Waals surface area contributed by atoms with Crippen molar-refractivity contribution in [3.05, 3.63) is 41.0 Å². The Bertz CT molecular complexity index is 671. The lowest BCUT2D eigenvalue weighted by atomic mass is 10.0. The molecule has 1 fully saturated rings. The van der Waals surface area contributed by atoms with Gasteiger partial charge in [-0.3, -0.25) is 4.79 Å². The predicted octanol–water partition coefficient (Wildman–Crippen LogP) is 2.87. The van der Waals surface area contributed by atoms with Gasteiger partial charge in [0.05, 0.1) is 0 Å². The minimum absolute atomic E-state index is 0.176. The summed E-state index contributed by atoms with van der Waals surface area (Å²) in [7, 11) is 0. The van der Waals surface area contributed by atoms with Crippen LogP contribution in [0.4, 0.5) is 0 Å². The standard InChI is InChI=1S/C16H18ClN3O2/c1-10-7-13(5-6-18-10)19-16(21)14-9-15(22-20-14)11-3-2-4-12(17)8-11/h2-4,8-10,13,18H,5-7H2,1H3,(H,19,21). The van der Waals surface area contributed by atoms with E-state index in [0.717, 1.165) is 24.9 Å². The SMILES string of the molecule is CC1CC(NC(=O)c2cc(-c3cccc(Cl)c3)on2)CCN1. The number of carbonyl (C=O) groups is 1. The maximum Gasteiger partial charge on any atom is 0.273 e. The summed E-state index contributed by atoms with van der Waals surface area (Å²) in [5.41, 5.74) is 1.09. The molecule has 1 aromatic heterocycles. The van der Waals surface area contributed by atoms with E-state index in [1.807, 2.05) is 12.1 Å². The van der Waals surface area contributed by atoms with Gasteiger partial charge in [-0.15, -0.1) is 0 Å². The number of aromatic nitrogens is 1. The lowest BCUT2D eigenvalue weighted by Gasteiger charge is -2.28. The molecule has 2 atom stereocenters. The monoisotopic (exact) mass is 319 g/mol. The molecule has 6 heteroatoms. The Morgan fingerprint density at radius 2 is 2.32 bits per heavy atom. The van der Waals surface area contributed by atoms with E-state index in [0.29, 0.717) is 22.5 Å². The minimum atomic E-state index is -0.198. The Labute approximate surface area is 134 Å². The molecule has 1 saturated heterocycles. The zero-order chi connectivity index (χ0) is 15.5. The summed E-state index contributed by atoms with van der Waals surface area (Å²) < 4.78 is 5.26. The van der Waals surface area contributed by atoms with Crippen LogP contribution in [-0.4, -0.2) is 29.7 Å². The van der Waals surface area contributed by atoms with Crippen molar-refractivity contribution in [3.63, 3.8) is 0 Å². The van der Waals surface area contributed by atoms with Crippen molar-refractivity contribution in [1.82, 2.24) is 15.8 Å². The van der Waals surface area contributed by atoms with Crippen molar-refractivity contribution in [1.29, 1.82) is 0 Å². The highest BCUT2D eigenvalue weighted by molar-refractivity contribution is 6.30. The van der Waals surface area contributed by atoms with Gasteiger partial charge in [-0.1, -0.05) is 28.9 Å². The number of benzene rings is 1. The second-order valence-electron chi connectivity index (χ2n) is 5.64. The van der Waals surface area contributed by atoms with E-state index in [1.165, 1.54) is 0 Å². The number of nitrogens with zero attached hydrogens (tertiary/aromatic N) is 1. The van der Waals surface area contributed by atoms with E-state index in [-0.39, 0.29) is 11.9 Å². The van der Waals surface area contributed by atoms with Gasteiger partial charge in [-0.25, -0.2) is 0 Å². The number of halogens is 1. The van der Waals surface area contributed by atoms with Crippen LogP contribution >= 0.6 is 11.6 Å². The van der Waals surface area contributed by atoms with Crippen LogP contribution in [0.25, 0.3) is 11.3 Å². The van der Waals surface area contributed by atoms with E-state index < -0.39 is 0 Å². The summed E-state index contributed by atoms with van der Waals surface area (Å²) in [6.07, 6.45) is 1.85. The Kier molecular flexibility index (Phi) is 4.45. The number of carbonyl (C=O) groups excluding carboxylic acids is 1. The van der Waals surface area contributed by atoms with Crippen molar-refractivity contribution >= 4 is 17.5 Å². The topological polar surface area (TPSA) is 67.2 Å². The van der Waals surface area contributed by atoms with Gasteiger partial charge in [0.25, 0.3) is 5.91 Å². The van der Waals surface area contributed by atoms with Gasteiger partial charge in [0.1, 0.15) is 0 Å². The molecule has 116 valence electrons. The van der Waals surface area contributed by atoms with Crippen LogP contribution in [0, 0.1) is 0 Å². The van der Waals surface area contributed by atoms with Crippen LogP contribution < -0.4 is 10.6 Å². The molecular weight excluding hydrogens is 302 g/mol. The molecule has 1 amide bonds. The highest BCUT2D eigenvalue weighted by Crippen LogP contribution is 2.23. The molecule has 1 aromatic carbocycles. The van der Waals surface area contributed by atoms with Crippen LogP contribution in [0.1, 0.15) is 30.3 Å². The zero-order valence-electron chi connectivity index (χ0n) is 12.3. The van der Waals surface area contributed by atoms with Crippen molar-refractivity contribution in [2.75, 3.05) is 6.54 Å². The number of hydrogen-bond acceptors (Lipinski definition) is 4. The first kappa shape index (κ1) is 15.1. The normalized spacial score (nSPS) is 21.5. The third kappa shape index (κ3) is 3.48. The molecular formula is C16H18ClN3O2. The molecule has 0 aliphatic carbocycles. The molecule has 1 aliphatic rings. The zero-order valence-corrected chi connectivity index (χ0v) is 13.1. The highest BCUT2D eigenvalue weighted by atomic mass is 35.5. The van der Waals surface area contributed by atoms with Crippen molar-refractivity contribution in [2.45, 2.75) is 31.8 Å². The third-order valence-electron chi connectivity index (χ3n) is 3.81. The fourth-order valence-corrected chi connectivity index (χ4v) is 2.87. The van der Waals surface area contributed by atoms with E-state index >= 15 is 0 Å². The molecule has 2 unspecified atom stereocenters. The first-order valence-corrected chi connectivity index (χ1v) is 7.76. The van der Waals surface area contributed by atoms with E-state index in [4.69, 9.17) is 16.1 Å². The second kappa shape index (κ2) is 6.50. The van der Waals surface area contributed by atoms with Gasteiger partial charge in [0, 0.05) is 28.7 Å². The van der Waals surface area contributed by atoms with Crippen molar-refractivity contribution in [3.8, 4) is 11.3 Å². The van der Waals surface area contributed by atoms with Crippen LogP contribution in [0.3, 0.4) is 0 Å². The third-order valence-corrected chi connectivity index (χ3v) is 4.05. The van der Waals surface area contributed by atoms with Crippen LogP contribution in [-0.2, 0) is 0 Å². The minimum Gasteiger partial charge on any atom is -0.355 e. The first-order chi connectivity index (χ1) is 10.6. The summed E-state index contributed by atoms with van der Waals surface area (Å²) in [4.78, 5) is 12.3. The van der Waals surface area contributed by atoms with Crippen LogP contribution in [0.2, 0.25) is 5.02 Å². The summed E-state index contributed by atoms with van der Waals surface area (Å²) in [5, 5.41) is 10.8. The van der Waals surface area contributed by atoms with Gasteiger partial charge in [0.15, 0.2) is 11.5 Å². The number of nitrogens with one attached hydrogen (secondary N) is 2. The van der Waals surface area contributed by atoms with Gasteiger partial charge in [0.2, 0.25) is 0 Å². The summed E-state index contributed by atoms with van der Waals surface area (Å²) >= 11 is 5.96. The molecule has 5 nitrogen and oxygen atoms in total. The Balaban J connectivity index is 1.69. The quantitative estimate of drug-likeness (QED) is 0.913. The molecule has 2 heterocycles. The van der Waals surface area contributed by atoms with Gasteiger partial charge in [-0.2, -0.15) is 0 Å². The summed E-state index contributed by atoms with van der Waals surface area (Å²) in [6, 6.07) is 9.49. The van der Waals surface area contributed by atoms with Gasteiger partial charge >= 0.3 is 0 Å². The van der Waals surface area contributed by atoms with Gasteiger partial charge in [-0.05, 0) is 38.4 Å². The number of piperidine rings is 1. The van der Waals surface area contributed by atoms with Crippen molar-refractivity contribution < 1.29 is 9.32 Å². The molecule has 0 bridgehead atoms. The average molecular weight is 320 g/mol. The largest absolute Gasteiger partial charge is 0.355 e. The summed E-state index contributed by atoms with van der Waals surface area (Å²) in [6.45, 7) is 3.03. The Morgan fingerprint density at radius 1 is 1.45 bits per heavy atom. The maximum absolute atomic E-state index is 12.3. The smallest absolute Gasteiger partial charge is 0.273 e. The molecule has 0 spiro atoms. The molecule has 22 heavy (non-hydrogen) atoms.